The molecular weight excluding hydrogens is 432 g/mol. The highest BCUT2D eigenvalue weighted by atomic mass is 16.5. The van der Waals surface area contributed by atoms with Gasteiger partial charge < -0.3 is 31.1 Å². The third kappa shape index (κ3) is 10.2. The molecule has 0 aromatic heterocycles. The molecule has 0 aliphatic heterocycles. The number of carboxylic acid groups (broad SMARTS) is 1. The molecule has 2 aromatic carbocycles. The number of anilines is 2. The summed E-state index contributed by atoms with van der Waals surface area (Å²) in [5.41, 5.74) is 14.2. The predicted molar refractivity (Wildman–Crippen MR) is 138 cm³/mol. The molecule has 8 nitrogen and oxygen atoms in total. The largest absolute Gasteiger partial charge is 0.478 e. The highest BCUT2D eigenvalue weighted by molar-refractivity contribution is 5.90. The smallest absolute Gasteiger partial charge is 0.338 e. The Morgan fingerprint density at radius 3 is 1.88 bits per heavy atom. The first kappa shape index (κ1) is 28.9. The maximum atomic E-state index is 11.6. The van der Waals surface area contributed by atoms with Crippen LogP contribution in [0.3, 0.4) is 0 Å². The molecule has 0 heterocycles. The molecule has 5 N–H and O–H groups in total. The lowest BCUT2D eigenvalue weighted by Gasteiger charge is -2.18. The number of esters is 1. The average Bonchev–Trinajstić information content (AvgIpc) is 2.83. The van der Waals surface area contributed by atoms with Crippen LogP contribution in [0.1, 0.15) is 54.0 Å². The Hall–Kier alpha value is -3.10. The van der Waals surface area contributed by atoms with Crippen molar-refractivity contribution in [2.75, 3.05) is 57.3 Å². The molecule has 2 aromatic rings. The first-order valence-corrected chi connectivity index (χ1v) is 11.8. The van der Waals surface area contributed by atoms with Gasteiger partial charge >= 0.3 is 11.9 Å². The summed E-state index contributed by atoms with van der Waals surface area (Å²) in [5.74, 6) is -1.18. The van der Waals surface area contributed by atoms with E-state index in [1.54, 1.807) is 42.5 Å². The summed E-state index contributed by atoms with van der Waals surface area (Å²) in [6, 6.07) is 11.7. The fourth-order valence-electron chi connectivity index (χ4n) is 3.36. The van der Waals surface area contributed by atoms with E-state index in [-0.39, 0.29) is 5.97 Å². The fourth-order valence-corrected chi connectivity index (χ4v) is 3.36. The van der Waals surface area contributed by atoms with E-state index in [0.717, 1.165) is 44.8 Å². The van der Waals surface area contributed by atoms with Crippen molar-refractivity contribution in [3.05, 3.63) is 59.2 Å². The highest BCUT2D eigenvalue weighted by Crippen LogP contribution is 2.15. The summed E-state index contributed by atoms with van der Waals surface area (Å²) in [6.45, 7) is 14.3. The van der Waals surface area contributed by atoms with Gasteiger partial charge in [-0.1, -0.05) is 27.7 Å². The molecule has 0 saturated heterocycles. The van der Waals surface area contributed by atoms with Crippen molar-refractivity contribution >= 4 is 23.3 Å². The zero-order valence-electron chi connectivity index (χ0n) is 20.9. The van der Waals surface area contributed by atoms with Crippen LogP contribution >= 0.6 is 0 Å². The van der Waals surface area contributed by atoms with Gasteiger partial charge in [-0.05, 0) is 80.6 Å². The Morgan fingerprint density at radius 2 is 1.35 bits per heavy atom. The maximum Gasteiger partial charge on any atom is 0.338 e. The van der Waals surface area contributed by atoms with Gasteiger partial charge in [0.1, 0.15) is 6.61 Å². The van der Waals surface area contributed by atoms with Crippen molar-refractivity contribution in [2.24, 2.45) is 0 Å². The summed E-state index contributed by atoms with van der Waals surface area (Å²) in [5, 5.41) is 9.08. The molecule has 0 unspecified atom stereocenters. The Bertz CT molecular complexity index is 879. The van der Waals surface area contributed by atoms with Crippen LogP contribution < -0.4 is 11.5 Å². The van der Waals surface area contributed by atoms with Gasteiger partial charge in [-0.15, -0.1) is 0 Å². The average molecular weight is 473 g/mol. The Labute approximate surface area is 203 Å². The van der Waals surface area contributed by atoms with Crippen LogP contribution in [0.15, 0.2) is 42.5 Å². The number of rotatable bonds is 12. The Kier molecular flexibility index (Phi) is 13.3. The van der Waals surface area contributed by atoms with Crippen LogP contribution in [0.4, 0.5) is 11.4 Å². The molecule has 0 bridgehead atoms. The van der Waals surface area contributed by atoms with Crippen LogP contribution in [0, 0.1) is 0 Å². The van der Waals surface area contributed by atoms with Gasteiger partial charge in [-0.3, -0.25) is 0 Å². The number of nitrogens with zero attached hydrogens (tertiary/aromatic N) is 2. The number of hydrogen-bond acceptors (Lipinski definition) is 7. The van der Waals surface area contributed by atoms with E-state index in [1.165, 1.54) is 0 Å². The molecule has 0 fully saturated rings. The van der Waals surface area contributed by atoms with Crippen LogP contribution in [-0.2, 0) is 11.2 Å². The number of benzene rings is 2. The van der Waals surface area contributed by atoms with E-state index in [0.29, 0.717) is 35.5 Å². The van der Waals surface area contributed by atoms with E-state index in [9.17, 15) is 9.59 Å². The molecule has 0 atom stereocenters. The minimum absolute atomic E-state index is 0.294. The van der Waals surface area contributed by atoms with Crippen molar-refractivity contribution in [2.45, 2.75) is 34.1 Å². The number of aromatic carboxylic acids is 1. The number of nitrogens with two attached hydrogens (primary N) is 2. The predicted octanol–water partition coefficient (Wildman–Crippen LogP) is 3.62. The Morgan fingerprint density at radius 1 is 0.824 bits per heavy atom. The van der Waals surface area contributed by atoms with E-state index < -0.39 is 5.97 Å². The summed E-state index contributed by atoms with van der Waals surface area (Å²) < 4.78 is 5.18. The van der Waals surface area contributed by atoms with Gasteiger partial charge in [0.15, 0.2) is 0 Å². The fraction of sp³-hybridized carbons (Fsp3) is 0.462. The van der Waals surface area contributed by atoms with Crippen molar-refractivity contribution in [3.63, 3.8) is 0 Å². The third-order valence-electron chi connectivity index (χ3n) is 5.63. The van der Waals surface area contributed by atoms with Crippen molar-refractivity contribution in [3.8, 4) is 0 Å². The van der Waals surface area contributed by atoms with Crippen LogP contribution in [-0.4, -0.2) is 72.7 Å². The summed E-state index contributed by atoms with van der Waals surface area (Å²) in [7, 11) is 0. The zero-order valence-corrected chi connectivity index (χ0v) is 20.9. The molecule has 0 aliphatic rings. The number of carbonyl (C=O) groups is 2. The second-order valence-electron chi connectivity index (χ2n) is 7.78. The number of ether oxygens (including phenoxy) is 1. The molecule has 34 heavy (non-hydrogen) atoms. The van der Waals surface area contributed by atoms with Crippen LogP contribution in [0.25, 0.3) is 0 Å². The van der Waals surface area contributed by atoms with E-state index in [1.807, 2.05) is 0 Å². The lowest BCUT2D eigenvalue weighted by atomic mass is 10.0. The molecule has 0 spiro atoms. The third-order valence-corrected chi connectivity index (χ3v) is 5.63. The zero-order chi connectivity index (χ0) is 25.5. The van der Waals surface area contributed by atoms with Crippen molar-refractivity contribution in [1.82, 2.24) is 9.80 Å². The van der Waals surface area contributed by atoms with Gasteiger partial charge in [0, 0.05) is 24.5 Å². The SMILES string of the molecule is CCN(CC)CCOC(=O)c1ccc(N)cc1.CCN(CC)CCc1cc(N)ccc1C(=O)O. The molecule has 0 amide bonds. The molecule has 188 valence electrons. The minimum atomic E-state index is -0.889. The summed E-state index contributed by atoms with van der Waals surface area (Å²) >= 11 is 0. The monoisotopic (exact) mass is 472 g/mol. The van der Waals surface area contributed by atoms with Gasteiger partial charge in [0.05, 0.1) is 11.1 Å². The summed E-state index contributed by atoms with van der Waals surface area (Å²) in [4.78, 5) is 27.2. The first-order valence-electron chi connectivity index (χ1n) is 11.8. The Balaban J connectivity index is 0.000000340. The van der Waals surface area contributed by atoms with E-state index in [2.05, 4.69) is 37.5 Å². The molecule has 0 saturated carbocycles. The number of hydrogen-bond donors (Lipinski definition) is 3. The quantitative estimate of drug-likeness (QED) is 0.316. The molecule has 8 heteroatoms. The van der Waals surface area contributed by atoms with Crippen molar-refractivity contribution < 1.29 is 19.4 Å². The standard InChI is InChI=1S/2C13H20N2O2/c1-3-15(4-2)9-10-17-13(16)11-5-7-12(14)8-6-11;1-3-15(4-2)8-7-10-9-11(14)5-6-12(10)13(16)17/h5-8H,3-4,9-10,14H2,1-2H3;5-6,9H,3-4,7-8,14H2,1-2H3,(H,16,17). The maximum absolute atomic E-state index is 11.6. The van der Waals surface area contributed by atoms with Gasteiger partial charge in [-0.2, -0.15) is 0 Å². The lowest BCUT2D eigenvalue weighted by molar-refractivity contribution is 0.0466. The number of carboxylic acids is 1. The van der Waals surface area contributed by atoms with E-state index >= 15 is 0 Å². The second kappa shape index (κ2) is 15.7. The topological polar surface area (TPSA) is 122 Å². The van der Waals surface area contributed by atoms with Gasteiger partial charge in [0.2, 0.25) is 0 Å². The van der Waals surface area contributed by atoms with Crippen LogP contribution in [0.5, 0.6) is 0 Å². The normalized spacial score (nSPS) is 10.6. The lowest BCUT2D eigenvalue weighted by Crippen LogP contribution is -2.27. The van der Waals surface area contributed by atoms with Gasteiger partial charge in [-0.25, -0.2) is 9.59 Å². The number of likely N-dealkylation sites (N-methyl/N-ethyl adjacent to an activating group) is 2. The van der Waals surface area contributed by atoms with E-state index in [4.69, 9.17) is 21.3 Å². The second-order valence-corrected chi connectivity index (χ2v) is 7.78. The van der Waals surface area contributed by atoms with Crippen molar-refractivity contribution in [1.29, 1.82) is 0 Å². The van der Waals surface area contributed by atoms with Gasteiger partial charge in [0.25, 0.3) is 0 Å². The molecular formula is C26H40N4O4. The first-order chi connectivity index (χ1) is 16.2. The molecule has 0 aliphatic carbocycles. The number of carbonyl (C=O) groups excluding carboxylic acids is 1. The highest BCUT2D eigenvalue weighted by Gasteiger charge is 2.11. The molecule has 2 rings (SSSR count). The number of nitrogen functional groups attached to an aromatic ring is 2. The molecule has 0 radical (unpaired) electrons. The van der Waals surface area contributed by atoms with Crippen LogP contribution in [0.2, 0.25) is 0 Å². The summed E-state index contributed by atoms with van der Waals surface area (Å²) in [6.07, 6.45) is 0.717. The minimum Gasteiger partial charge on any atom is -0.478 e.